The Labute approximate surface area is 150 Å². The van der Waals surface area contributed by atoms with Crippen molar-refractivity contribution in [1.29, 1.82) is 0 Å². The monoisotopic (exact) mass is 356 g/mol. The number of nitrogens with zero attached hydrogens (tertiary/aromatic N) is 1. The van der Waals surface area contributed by atoms with E-state index < -0.39 is 11.8 Å². The number of benzene rings is 1. The summed E-state index contributed by atoms with van der Waals surface area (Å²) in [6, 6.07) is 10.4. The van der Waals surface area contributed by atoms with Gasteiger partial charge in [-0.2, -0.15) is 0 Å². The molecular formula is C18H16N2O4S. The summed E-state index contributed by atoms with van der Waals surface area (Å²) in [5.41, 5.74) is 0.465. The SMILES string of the molecule is CCOc1cccc(N2C(=O)/C(=C/c3ccc(C)o3)C(=O)NC2=S)c1. The highest BCUT2D eigenvalue weighted by molar-refractivity contribution is 7.80. The van der Waals surface area contributed by atoms with Gasteiger partial charge in [0, 0.05) is 6.07 Å². The van der Waals surface area contributed by atoms with E-state index >= 15 is 0 Å². The summed E-state index contributed by atoms with van der Waals surface area (Å²) in [5.74, 6) is 0.650. The Morgan fingerprint density at radius 3 is 2.76 bits per heavy atom. The van der Waals surface area contributed by atoms with Gasteiger partial charge >= 0.3 is 0 Å². The molecule has 128 valence electrons. The molecule has 0 spiro atoms. The molecule has 2 heterocycles. The van der Waals surface area contributed by atoms with Crippen LogP contribution in [0.1, 0.15) is 18.4 Å². The Kier molecular flexibility index (Phi) is 4.67. The van der Waals surface area contributed by atoms with Gasteiger partial charge in [-0.15, -0.1) is 0 Å². The highest BCUT2D eigenvalue weighted by Gasteiger charge is 2.34. The number of amides is 2. The minimum atomic E-state index is -0.554. The lowest BCUT2D eigenvalue weighted by atomic mass is 10.1. The molecule has 1 N–H and O–H groups in total. The summed E-state index contributed by atoms with van der Waals surface area (Å²) in [4.78, 5) is 26.3. The molecule has 0 aliphatic carbocycles. The zero-order valence-electron chi connectivity index (χ0n) is 13.7. The molecule has 0 saturated carbocycles. The topological polar surface area (TPSA) is 71.8 Å². The fourth-order valence-electron chi connectivity index (χ4n) is 2.44. The first-order valence-electron chi connectivity index (χ1n) is 7.70. The van der Waals surface area contributed by atoms with Crippen molar-refractivity contribution in [2.75, 3.05) is 11.5 Å². The van der Waals surface area contributed by atoms with E-state index in [0.717, 1.165) is 0 Å². The van der Waals surface area contributed by atoms with Gasteiger partial charge < -0.3 is 9.15 Å². The number of ether oxygens (including phenoxy) is 1. The molecule has 0 atom stereocenters. The lowest BCUT2D eigenvalue weighted by Gasteiger charge is -2.29. The van der Waals surface area contributed by atoms with Crippen LogP contribution in [0.5, 0.6) is 5.75 Å². The number of furan rings is 1. The van der Waals surface area contributed by atoms with Crippen LogP contribution in [0.15, 0.2) is 46.4 Å². The number of hydrogen-bond acceptors (Lipinski definition) is 5. The Balaban J connectivity index is 1.98. The largest absolute Gasteiger partial charge is 0.494 e. The smallest absolute Gasteiger partial charge is 0.270 e. The first-order valence-corrected chi connectivity index (χ1v) is 8.11. The van der Waals surface area contributed by atoms with Crippen LogP contribution in [-0.4, -0.2) is 23.5 Å². The molecule has 2 aromatic rings. The predicted octanol–water partition coefficient (Wildman–Crippen LogP) is 2.82. The van der Waals surface area contributed by atoms with Gasteiger partial charge in [-0.05, 0) is 56.4 Å². The Hall–Kier alpha value is -2.93. The fraction of sp³-hybridized carbons (Fsp3) is 0.167. The van der Waals surface area contributed by atoms with Crippen LogP contribution in [0, 0.1) is 6.92 Å². The summed E-state index contributed by atoms with van der Waals surface area (Å²) in [5, 5.41) is 2.56. The molecule has 6 nitrogen and oxygen atoms in total. The van der Waals surface area contributed by atoms with E-state index in [0.29, 0.717) is 29.6 Å². The second kappa shape index (κ2) is 6.90. The number of aryl methyl sites for hydroxylation is 1. The van der Waals surface area contributed by atoms with E-state index in [9.17, 15) is 9.59 Å². The van der Waals surface area contributed by atoms with Gasteiger partial charge in [-0.3, -0.25) is 19.8 Å². The molecule has 0 unspecified atom stereocenters. The summed E-state index contributed by atoms with van der Waals surface area (Å²) >= 11 is 5.17. The second-order valence-electron chi connectivity index (χ2n) is 5.34. The molecule has 2 amide bonds. The maximum Gasteiger partial charge on any atom is 0.270 e. The number of carbonyl (C=O) groups excluding carboxylic acids is 2. The highest BCUT2D eigenvalue weighted by Crippen LogP contribution is 2.26. The molecule has 1 saturated heterocycles. The van der Waals surface area contributed by atoms with Gasteiger partial charge in [0.25, 0.3) is 11.8 Å². The zero-order chi connectivity index (χ0) is 18.0. The number of rotatable bonds is 4. The molecule has 1 aliphatic rings. The highest BCUT2D eigenvalue weighted by atomic mass is 32.1. The third kappa shape index (κ3) is 3.46. The molecule has 1 aromatic heterocycles. The third-order valence-corrected chi connectivity index (χ3v) is 3.82. The summed E-state index contributed by atoms with van der Waals surface area (Å²) in [7, 11) is 0. The lowest BCUT2D eigenvalue weighted by molar-refractivity contribution is -0.122. The van der Waals surface area contributed by atoms with Crippen molar-refractivity contribution in [3.63, 3.8) is 0 Å². The second-order valence-corrected chi connectivity index (χ2v) is 5.72. The average molecular weight is 356 g/mol. The van der Waals surface area contributed by atoms with Gasteiger partial charge in [-0.25, -0.2) is 0 Å². The number of thiocarbonyl (C=S) groups is 1. The van der Waals surface area contributed by atoms with Crippen molar-refractivity contribution in [1.82, 2.24) is 5.32 Å². The molecule has 1 aliphatic heterocycles. The molecule has 1 aromatic carbocycles. The normalized spacial score (nSPS) is 16.3. The summed E-state index contributed by atoms with van der Waals surface area (Å²) in [6.45, 7) is 4.16. The van der Waals surface area contributed by atoms with Crippen LogP contribution in [0.2, 0.25) is 0 Å². The number of nitrogens with one attached hydrogen (secondary N) is 1. The minimum absolute atomic E-state index is 0.0245. The van der Waals surface area contributed by atoms with E-state index in [1.54, 1.807) is 43.3 Å². The average Bonchev–Trinajstić information content (AvgIpc) is 2.97. The number of hydrogen-bond donors (Lipinski definition) is 1. The van der Waals surface area contributed by atoms with Gasteiger partial charge in [0.1, 0.15) is 22.8 Å². The van der Waals surface area contributed by atoms with Crippen LogP contribution in [0.25, 0.3) is 6.08 Å². The van der Waals surface area contributed by atoms with Crippen molar-refractivity contribution in [3.8, 4) is 5.75 Å². The minimum Gasteiger partial charge on any atom is -0.494 e. The zero-order valence-corrected chi connectivity index (χ0v) is 14.6. The van der Waals surface area contributed by atoms with Crippen molar-refractivity contribution >= 4 is 40.9 Å². The van der Waals surface area contributed by atoms with E-state index in [1.165, 1.54) is 11.0 Å². The maximum atomic E-state index is 12.9. The Morgan fingerprint density at radius 1 is 1.28 bits per heavy atom. The number of anilines is 1. The number of carbonyl (C=O) groups is 2. The summed E-state index contributed by atoms with van der Waals surface area (Å²) < 4.78 is 10.9. The maximum absolute atomic E-state index is 12.9. The quantitative estimate of drug-likeness (QED) is 0.518. The molecule has 25 heavy (non-hydrogen) atoms. The van der Waals surface area contributed by atoms with E-state index in [2.05, 4.69) is 5.32 Å². The Morgan fingerprint density at radius 2 is 2.08 bits per heavy atom. The standard InChI is InChI=1S/C18H16N2O4S/c1-3-23-13-6-4-5-12(9-13)20-17(22)15(16(21)19-18(20)25)10-14-8-7-11(2)24-14/h4-10H,3H2,1-2H3,(H,19,21,25)/b15-10+. The molecule has 3 rings (SSSR count). The first-order chi connectivity index (χ1) is 12.0. The van der Waals surface area contributed by atoms with Crippen LogP contribution in [0.4, 0.5) is 5.69 Å². The fourth-order valence-corrected chi connectivity index (χ4v) is 2.73. The van der Waals surface area contributed by atoms with Crippen LogP contribution >= 0.6 is 12.2 Å². The van der Waals surface area contributed by atoms with Gasteiger partial charge in [-0.1, -0.05) is 6.07 Å². The predicted molar refractivity (Wildman–Crippen MR) is 97.3 cm³/mol. The molecule has 7 heteroatoms. The van der Waals surface area contributed by atoms with Crippen molar-refractivity contribution in [2.24, 2.45) is 0 Å². The summed E-state index contributed by atoms with van der Waals surface area (Å²) in [6.07, 6.45) is 1.41. The molecule has 1 fully saturated rings. The van der Waals surface area contributed by atoms with Gasteiger partial charge in [0.2, 0.25) is 0 Å². The van der Waals surface area contributed by atoms with Crippen molar-refractivity contribution in [2.45, 2.75) is 13.8 Å². The first kappa shape index (κ1) is 16.9. The molecule has 0 bridgehead atoms. The van der Waals surface area contributed by atoms with Crippen LogP contribution < -0.4 is 15.0 Å². The van der Waals surface area contributed by atoms with Crippen molar-refractivity contribution < 1.29 is 18.7 Å². The van der Waals surface area contributed by atoms with Crippen molar-refractivity contribution in [3.05, 3.63) is 53.5 Å². The lowest BCUT2D eigenvalue weighted by Crippen LogP contribution is -2.54. The van der Waals surface area contributed by atoms with E-state index in [1.807, 2.05) is 6.92 Å². The van der Waals surface area contributed by atoms with E-state index in [-0.39, 0.29) is 10.7 Å². The van der Waals surface area contributed by atoms with Gasteiger partial charge in [0.05, 0.1) is 12.3 Å². The van der Waals surface area contributed by atoms with Crippen LogP contribution in [-0.2, 0) is 9.59 Å². The Bertz CT molecular complexity index is 885. The van der Waals surface area contributed by atoms with Crippen LogP contribution in [0.3, 0.4) is 0 Å². The van der Waals surface area contributed by atoms with E-state index in [4.69, 9.17) is 21.4 Å². The molecular weight excluding hydrogens is 340 g/mol. The third-order valence-electron chi connectivity index (χ3n) is 3.54. The molecule has 0 radical (unpaired) electrons. The van der Waals surface area contributed by atoms with Gasteiger partial charge in [0.15, 0.2) is 5.11 Å².